The fraction of sp³-hybridized carbons (Fsp3) is 0.929. The number of nitrogens with one attached hydrogen (secondary N) is 1. The molecular weight excluding hydrogens is 212 g/mol. The van der Waals surface area contributed by atoms with E-state index in [0.717, 1.165) is 56.8 Å². The number of rotatable bonds is 1. The van der Waals surface area contributed by atoms with Crippen LogP contribution in [0.1, 0.15) is 32.6 Å². The van der Waals surface area contributed by atoms with Crippen LogP contribution in [0.15, 0.2) is 0 Å². The summed E-state index contributed by atoms with van der Waals surface area (Å²) in [7, 11) is 0. The summed E-state index contributed by atoms with van der Waals surface area (Å²) in [5.74, 6) is 3.12. The quantitative estimate of drug-likeness (QED) is 0.748. The molecule has 1 saturated carbocycles. The smallest absolute Gasteiger partial charge is 0.225 e. The van der Waals surface area contributed by atoms with Crippen LogP contribution in [0.5, 0.6) is 0 Å². The van der Waals surface area contributed by atoms with Crippen LogP contribution < -0.4 is 5.32 Å². The average molecular weight is 236 g/mol. The van der Waals surface area contributed by atoms with Gasteiger partial charge in [-0.15, -0.1) is 0 Å². The molecule has 2 atom stereocenters. The lowest BCUT2D eigenvalue weighted by Crippen LogP contribution is -2.37. The Morgan fingerprint density at radius 2 is 1.65 bits per heavy atom. The topological polar surface area (TPSA) is 32.3 Å². The first kappa shape index (κ1) is 11.5. The first-order chi connectivity index (χ1) is 8.24. The Balaban J connectivity index is 1.56. The van der Waals surface area contributed by atoms with E-state index in [0.29, 0.717) is 11.8 Å². The van der Waals surface area contributed by atoms with Gasteiger partial charge in [-0.05, 0) is 43.4 Å². The Labute approximate surface area is 104 Å². The van der Waals surface area contributed by atoms with Gasteiger partial charge in [0, 0.05) is 32.1 Å². The number of fused-ring (bicyclic) bond motifs is 1. The lowest BCUT2D eigenvalue weighted by molar-refractivity contribution is -0.136. The maximum Gasteiger partial charge on any atom is 0.225 e. The fourth-order valence-electron chi connectivity index (χ4n) is 3.80. The van der Waals surface area contributed by atoms with Crippen molar-refractivity contribution in [1.29, 1.82) is 0 Å². The van der Waals surface area contributed by atoms with Gasteiger partial charge in [0.2, 0.25) is 5.91 Å². The molecule has 3 rings (SSSR count). The van der Waals surface area contributed by atoms with Gasteiger partial charge in [0.25, 0.3) is 0 Å². The predicted octanol–water partition coefficient (Wildman–Crippen LogP) is 1.49. The van der Waals surface area contributed by atoms with E-state index in [9.17, 15) is 4.79 Å². The van der Waals surface area contributed by atoms with E-state index < -0.39 is 0 Å². The van der Waals surface area contributed by atoms with Crippen molar-refractivity contribution in [1.82, 2.24) is 10.2 Å². The number of hydrogen-bond acceptors (Lipinski definition) is 2. The minimum Gasteiger partial charge on any atom is -0.342 e. The van der Waals surface area contributed by atoms with Gasteiger partial charge >= 0.3 is 0 Å². The number of amides is 1. The van der Waals surface area contributed by atoms with Crippen molar-refractivity contribution in [2.75, 3.05) is 26.2 Å². The highest BCUT2D eigenvalue weighted by atomic mass is 16.2. The average Bonchev–Trinajstić information content (AvgIpc) is 2.89. The maximum absolute atomic E-state index is 12.4. The first-order valence-electron chi connectivity index (χ1n) is 7.23. The molecule has 0 bridgehead atoms. The third-order valence-electron chi connectivity index (χ3n) is 5.07. The molecule has 0 aromatic heterocycles. The van der Waals surface area contributed by atoms with Gasteiger partial charge in [-0.25, -0.2) is 0 Å². The molecule has 0 aromatic carbocycles. The number of carbonyl (C=O) groups excluding carboxylic acids is 1. The SMILES string of the molecule is CC1CCC(C(=O)N2CC3CNCC3C2)CC1. The Morgan fingerprint density at radius 3 is 2.24 bits per heavy atom. The molecule has 2 saturated heterocycles. The summed E-state index contributed by atoms with van der Waals surface area (Å²) in [5, 5.41) is 3.43. The third kappa shape index (κ3) is 2.22. The molecule has 2 aliphatic heterocycles. The molecule has 3 nitrogen and oxygen atoms in total. The zero-order valence-corrected chi connectivity index (χ0v) is 10.8. The zero-order valence-electron chi connectivity index (χ0n) is 10.8. The van der Waals surface area contributed by atoms with Gasteiger partial charge in [0.05, 0.1) is 0 Å². The van der Waals surface area contributed by atoms with Gasteiger partial charge in [0.15, 0.2) is 0 Å². The lowest BCUT2D eigenvalue weighted by Gasteiger charge is -2.29. The summed E-state index contributed by atoms with van der Waals surface area (Å²) in [6.45, 7) is 6.59. The van der Waals surface area contributed by atoms with Crippen molar-refractivity contribution in [3.8, 4) is 0 Å². The maximum atomic E-state index is 12.4. The van der Waals surface area contributed by atoms with Crippen molar-refractivity contribution in [3.05, 3.63) is 0 Å². The number of nitrogens with zero attached hydrogens (tertiary/aromatic N) is 1. The molecule has 3 aliphatic rings. The van der Waals surface area contributed by atoms with Crippen molar-refractivity contribution in [2.24, 2.45) is 23.7 Å². The largest absolute Gasteiger partial charge is 0.342 e. The Kier molecular flexibility index (Phi) is 3.12. The zero-order chi connectivity index (χ0) is 11.8. The van der Waals surface area contributed by atoms with Crippen molar-refractivity contribution < 1.29 is 4.79 Å². The van der Waals surface area contributed by atoms with E-state index in [1.54, 1.807) is 0 Å². The number of carbonyl (C=O) groups is 1. The van der Waals surface area contributed by atoms with E-state index in [-0.39, 0.29) is 0 Å². The molecule has 0 radical (unpaired) electrons. The summed E-state index contributed by atoms with van der Waals surface area (Å²) >= 11 is 0. The lowest BCUT2D eigenvalue weighted by atomic mass is 9.82. The second kappa shape index (κ2) is 4.60. The molecule has 0 aromatic rings. The molecule has 2 heterocycles. The molecule has 3 heteroatoms. The molecular formula is C14H24N2O. The van der Waals surface area contributed by atoms with Gasteiger partial charge in [-0.3, -0.25) is 4.79 Å². The van der Waals surface area contributed by atoms with Crippen LogP contribution in [-0.4, -0.2) is 37.0 Å². The molecule has 96 valence electrons. The van der Waals surface area contributed by atoms with Gasteiger partial charge < -0.3 is 10.2 Å². The second-order valence-electron chi connectivity index (χ2n) is 6.38. The Bertz CT molecular complexity index is 285. The summed E-state index contributed by atoms with van der Waals surface area (Å²) in [4.78, 5) is 14.6. The van der Waals surface area contributed by atoms with E-state index >= 15 is 0 Å². The molecule has 2 unspecified atom stereocenters. The van der Waals surface area contributed by atoms with Crippen molar-refractivity contribution in [2.45, 2.75) is 32.6 Å². The standard InChI is InChI=1S/C14H24N2O/c1-10-2-4-11(5-3-10)14(17)16-8-12-6-15-7-13(12)9-16/h10-13,15H,2-9H2,1H3. The molecule has 3 fully saturated rings. The van der Waals surface area contributed by atoms with E-state index in [4.69, 9.17) is 0 Å². The highest BCUT2D eigenvalue weighted by molar-refractivity contribution is 5.79. The van der Waals surface area contributed by atoms with E-state index in [1.807, 2.05) is 0 Å². The molecule has 1 aliphatic carbocycles. The Hall–Kier alpha value is -0.570. The van der Waals surface area contributed by atoms with Crippen LogP contribution in [0.2, 0.25) is 0 Å². The summed E-state index contributed by atoms with van der Waals surface area (Å²) in [5.41, 5.74) is 0. The van der Waals surface area contributed by atoms with E-state index in [1.165, 1.54) is 12.8 Å². The van der Waals surface area contributed by atoms with Gasteiger partial charge in [0.1, 0.15) is 0 Å². The van der Waals surface area contributed by atoms with E-state index in [2.05, 4.69) is 17.1 Å². The second-order valence-corrected chi connectivity index (χ2v) is 6.38. The normalized spacial score (nSPS) is 41.6. The van der Waals surface area contributed by atoms with Crippen LogP contribution in [-0.2, 0) is 4.79 Å². The monoisotopic (exact) mass is 236 g/mol. The molecule has 1 N–H and O–H groups in total. The molecule has 17 heavy (non-hydrogen) atoms. The van der Waals surface area contributed by atoms with Crippen LogP contribution in [0.3, 0.4) is 0 Å². The van der Waals surface area contributed by atoms with Crippen LogP contribution in [0, 0.1) is 23.7 Å². The van der Waals surface area contributed by atoms with Crippen LogP contribution >= 0.6 is 0 Å². The first-order valence-corrected chi connectivity index (χ1v) is 7.23. The summed E-state index contributed by atoms with van der Waals surface area (Å²) in [6.07, 6.45) is 4.76. The molecule has 0 spiro atoms. The third-order valence-corrected chi connectivity index (χ3v) is 5.07. The predicted molar refractivity (Wildman–Crippen MR) is 67.6 cm³/mol. The number of hydrogen-bond donors (Lipinski definition) is 1. The number of likely N-dealkylation sites (tertiary alicyclic amines) is 1. The summed E-state index contributed by atoms with van der Waals surface area (Å²) in [6, 6.07) is 0. The Morgan fingerprint density at radius 1 is 1.06 bits per heavy atom. The van der Waals surface area contributed by atoms with Crippen molar-refractivity contribution >= 4 is 5.91 Å². The minimum absolute atomic E-state index is 0.345. The highest BCUT2D eigenvalue weighted by Gasteiger charge is 2.40. The summed E-state index contributed by atoms with van der Waals surface area (Å²) < 4.78 is 0. The fourth-order valence-corrected chi connectivity index (χ4v) is 3.80. The van der Waals surface area contributed by atoms with Gasteiger partial charge in [-0.1, -0.05) is 6.92 Å². The van der Waals surface area contributed by atoms with Crippen LogP contribution in [0.25, 0.3) is 0 Å². The van der Waals surface area contributed by atoms with Crippen molar-refractivity contribution in [3.63, 3.8) is 0 Å². The van der Waals surface area contributed by atoms with Gasteiger partial charge in [-0.2, -0.15) is 0 Å². The highest BCUT2D eigenvalue weighted by Crippen LogP contribution is 2.33. The minimum atomic E-state index is 0.345. The van der Waals surface area contributed by atoms with Crippen LogP contribution in [0.4, 0.5) is 0 Å². The molecule has 1 amide bonds.